The van der Waals surface area contributed by atoms with Gasteiger partial charge in [0, 0.05) is 6.42 Å². The summed E-state index contributed by atoms with van der Waals surface area (Å²) in [4.78, 5) is 24.0. The summed E-state index contributed by atoms with van der Waals surface area (Å²) in [5.74, 6) is 1.74. The van der Waals surface area contributed by atoms with Gasteiger partial charge in [-0.2, -0.15) is 11.8 Å². The summed E-state index contributed by atoms with van der Waals surface area (Å²) in [6.07, 6.45) is 0.971. The van der Waals surface area contributed by atoms with Crippen molar-refractivity contribution in [1.29, 1.82) is 0 Å². The van der Waals surface area contributed by atoms with Crippen molar-refractivity contribution in [3.05, 3.63) is 29.8 Å². The van der Waals surface area contributed by atoms with Gasteiger partial charge < -0.3 is 10.4 Å². The van der Waals surface area contributed by atoms with E-state index in [0.29, 0.717) is 24.5 Å². The van der Waals surface area contributed by atoms with Gasteiger partial charge in [-0.1, -0.05) is 19.1 Å². The normalized spacial score (nSPS) is 24.4. The van der Waals surface area contributed by atoms with Crippen molar-refractivity contribution in [3.63, 3.8) is 0 Å². The van der Waals surface area contributed by atoms with Gasteiger partial charge in [-0.05, 0) is 35.8 Å². The summed E-state index contributed by atoms with van der Waals surface area (Å²) in [6, 6.07) is 6.28. The van der Waals surface area contributed by atoms with E-state index in [9.17, 15) is 14.7 Å². The maximum Gasteiger partial charge on any atom is 0.230 e. The lowest BCUT2D eigenvalue weighted by molar-refractivity contribution is -0.126. The Morgan fingerprint density at radius 2 is 2.00 bits per heavy atom. The van der Waals surface area contributed by atoms with Crippen molar-refractivity contribution < 1.29 is 14.7 Å². The van der Waals surface area contributed by atoms with Crippen LogP contribution in [0.4, 0.5) is 0 Å². The highest BCUT2D eigenvalue weighted by Crippen LogP contribution is 2.17. The maximum atomic E-state index is 12.3. The summed E-state index contributed by atoms with van der Waals surface area (Å²) in [7, 11) is 0. The highest BCUT2D eigenvalue weighted by molar-refractivity contribution is 7.99. The quantitative estimate of drug-likeness (QED) is 0.872. The molecule has 1 aromatic rings. The van der Waals surface area contributed by atoms with Gasteiger partial charge >= 0.3 is 0 Å². The number of Topliss-reactive ketones (excluding diaryl/α,β-unsaturated/α-hetero) is 1. The molecule has 1 saturated heterocycles. The summed E-state index contributed by atoms with van der Waals surface area (Å²) in [5.41, 5.74) is 0.931. The summed E-state index contributed by atoms with van der Waals surface area (Å²) in [5, 5.41) is 12.1. The Morgan fingerprint density at radius 1 is 1.30 bits per heavy atom. The molecule has 0 bridgehead atoms. The van der Waals surface area contributed by atoms with Crippen LogP contribution in [0.25, 0.3) is 0 Å². The molecule has 0 saturated carbocycles. The molecular weight excluding hydrogens is 274 g/mol. The topological polar surface area (TPSA) is 66.4 Å². The number of phenols is 1. The zero-order valence-electron chi connectivity index (χ0n) is 11.5. The highest BCUT2D eigenvalue weighted by atomic mass is 32.2. The van der Waals surface area contributed by atoms with Crippen molar-refractivity contribution >= 4 is 23.5 Å². The van der Waals surface area contributed by atoms with Crippen LogP contribution in [-0.2, 0) is 16.0 Å². The van der Waals surface area contributed by atoms with E-state index in [1.165, 1.54) is 0 Å². The average Bonchev–Trinajstić information content (AvgIpc) is 2.44. The van der Waals surface area contributed by atoms with Crippen LogP contribution >= 0.6 is 11.8 Å². The van der Waals surface area contributed by atoms with Gasteiger partial charge in [0.25, 0.3) is 0 Å². The van der Waals surface area contributed by atoms with Gasteiger partial charge in [-0.3, -0.25) is 9.59 Å². The Morgan fingerprint density at radius 3 is 2.70 bits per heavy atom. The van der Waals surface area contributed by atoms with Gasteiger partial charge in [-0.25, -0.2) is 0 Å². The second kappa shape index (κ2) is 6.79. The van der Waals surface area contributed by atoms with Crippen LogP contribution in [0.3, 0.4) is 0 Å². The zero-order valence-corrected chi connectivity index (χ0v) is 12.3. The minimum absolute atomic E-state index is 0.0822. The molecule has 2 rings (SSSR count). The lowest BCUT2D eigenvalue weighted by Crippen LogP contribution is -2.43. The predicted octanol–water partition coefficient (Wildman–Crippen LogP) is 1.76. The number of rotatable bonds is 2. The Hall–Kier alpha value is -1.49. The second-order valence-corrected chi connectivity index (χ2v) is 6.31. The fourth-order valence-electron chi connectivity index (χ4n) is 2.25. The smallest absolute Gasteiger partial charge is 0.230 e. The SMILES string of the molecule is CC1CSCC(=O)N[C@@H](Cc2ccc(O)cc2)C(=O)C1. The van der Waals surface area contributed by atoms with Gasteiger partial charge in [0.1, 0.15) is 5.75 Å². The monoisotopic (exact) mass is 293 g/mol. The van der Waals surface area contributed by atoms with Gasteiger partial charge in [0.15, 0.2) is 5.78 Å². The third kappa shape index (κ3) is 4.27. The maximum absolute atomic E-state index is 12.3. The number of amides is 1. The van der Waals surface area contributed by atoms with E-state index < -0.39 is 6.04 Å². The van der Waals surface area contributed by atoms with E-state index in [1.807, 2.05) is 6.92 Å². The van der Waals surface area contributed by atoms with Crippen molar-refractivity contribution in [2.75, 3.05) is 11.5 Å². The van der Waals surface area contributed by atoms with Crippen molar-refractivity contribution in [2.24, 2.45) is 5.92 Å². The molecule has 1 aromatic carbocycles. The molecular formula is C15H19NO3S. The number of nitrogens with one attached hydrogen (secondary N) is 1. The molecule has 1 unspecified atom stereocenters. The zero-order chi connectivity index (χ0) is 14.5. The number of benzene rings is 1. The molecule has 4 nitrogen and oxygen atoms in total. The molecule has 0 spiro atoms. The van der Waals surface area contributed by atoms with Gasteiger partial charge in [0.2, 0.25) is 5.91 Å². The summed E-state index contributed by atoms with van der Waals surface area (Å²) < 4.78 is 0. The van der Waals surface area contributed by atoms with Crippen LogP contribution in [-0.4, -0.2) is 34.3 Å². The van der Waals surface area contributed by atoms with E-state index >= 15 is 0 Å². The fourth-order valence-corrected chi connectivity index (χ4v) is 3.15. The van der Waals surface area contributed by atoms with Crippen LogP contribution in [0.1, 0.15) is 18.9 Å². The van der Waals surface area contributed by atoms with Crippen molar-refractivity contribution in [1.82, 2.24) is 5.32 Å². The number of hydrogen-bond acceptors (Lipinski definition) is 4. The molecule has 2 N–H and O–H groups in total. The first-order valence-corrected chi connectivity index (χ1v) is 7.88. The Kier molecular flexibility index (Phi) is 5.06. The standard InChI is InChI=1S/C15H19NO3S/c1-10-6-14(18)13(16-15(19)9-20-8-10)7-11-2-4-12(17)5-3-11/h2-5,10,13,17H,6-9H2,1H3,(H,16,19)/t10?,13-/m0/s1. The molecule has 20 heavy (non-hydrogen) atoms. The first-order valence-electron chi connectivity index (χ1n) is 6.72. The first-order chi connectivity index (χ1) is 9.54. The molecule has 108 valence electrons. The molecule has 1 amide bonds. The summed E-state index contributed by atoms with van der Waals surface area (Å²) >= 11 is 1.57. The number of aromatic hydroxyl groups is 1. The van der Waals surface area contributed by atoms with Gasteiger partial charge in [-0.15, -0.1) is 0 Å². The van der Waals surface area contributed by atoms with Gasteiger partial charge in [0.05, 0.1) is 11.8 Å². The van der Waals surface area contributed by atoms with E-state index in [4.69, 9.17) is 0 Å². The minimum Gasteiger partial charge on any atom is -0.508 e. The number of thioether (sulfide) groups is 1. The van der Waals surface area contributed by atoms with E-state index in [1.54, 1.807) is 36.0 Å². The predicted molar refractivity (Wildman–Crippen MR) is 79.9 cm³/mol. The number of hydrogen-bond donors (Lipinski definition) is 2. The number of phenolic OH excluding ortho intramolecular Hbond substituents is 1. The number of carbonyl (C=O) groups excluding carboxylic acids is 2. The first kappa shape index (κ1) is 14.9. The molecule has 0 aliphatic carbocycles. The third-order valence-corrected chi connectivity index (χ3v) is 4.56. The van der Waals surface area contributed by atoms with E-state index in [0.717, 1.165) is 11.3 Å². The largest absolute Gasteiger partial charge is 0.508 e. The molecule has 5 heteroatoms. The highest BCUT2D eigenvalue weighted by Gasteiger charge is 2.24. The van der Waals surface area contributed by atoms with E-state index in [-0.39, 0.29) is 17.4 Å². The molecule has 1 fully saturated rings. The molecule has 1 heterocycles. The minimum atomic E-state index is -0.465. The third-order valence-electron chi connectivity index (χ3n) is 3.29. The Balaban J connectivity index is 2.10. The number of carbonyl (C=O) groups is 2. The molecule has 0 aromatic heterocycles. The Bertz CT molecular complexity index is 486. The van der Waals surface area contributed by atoms with Crippen LogP contribution in [0, 0.1) is 5.92 Å². The lowest BCUT2D eigenvalue weighted by atomic mass is 9.96. The molecule has 1 aliphatic heterocycles. The molecule has 0 radical (unpaired) electrons. The second-order valence-electron chi connectivity index (χ2n) is 5.28. The summed E-state index contributed by atoms with van der Waals surface area (Å²) in [6.45, 7) is 2.04. The average molecular weight is 293 g/mol. The van der Waals surface area contributed by atoms with E-state index in [2.05, 4.69) is 5.32 Å². The lowest BCUT2D eigenvalue weighted by Gasteiger charge is -2.17. The van der Waals surface area contributed by atoms with Crippen LogP contribution in [0.2, 0.25) is 0 Å². The number of ketones is 1. The van der Waals surface area contributed by atoms with Crippen molar-refractivity contribution in [3.8, 4) is 5.75 Å². The molecule has 2 atom stereocenters. The van der Waals surface area contributed by atoms with Crippen molar-refractivity contribution in [2.45, 2.75) is 25.8 Å². The molecule has 1 aliphatic rings. The fraction of sp³-hybridized carbons (Fsp3) is 0.467. The van der Waals surface area contributed by atoms with Crippen LogP contribution in [0.5, 0.6) is 5.75 Å². The van der Waals surface area contributed by atoms with Crippen LogP contribution < -0.4 is 5.32 Å². The Labute approximate surface area is 123 Å². The van der Waals surface area contributed by atoms with Crippen LogP contribution in [0.15, 0.2) is 24.3 Å².